The molecule has 0 amide bonds. The highest BCUT2D eigenvalue weighted by atomic mass is 19.4. The minimum absolute atomic E-state index is 0.0770. The maximum atomic E-state index is 12.6. The van der Waals surface area contributed by atoms with Gasteiger partial charge in [-0.1, -0.05) is 31.5 Å². The van der Waals surface area contributed by atoms with Crippen molar-refractivity contribution in [3.8, 4) is 17.6 Å². The lowest BCUT2D eigenvalue weighted by Gasteiger charge is -2.34. The average Bonchev–Trinajstić information content (AvgIpc) is 3.28. The standard InChI is InChI=1S/C30H40F3N3O3/c1-4-11-29(3,12-16-38-26-8-5-6-9-27(26)39-21-30(31,32)33)35-22(2)17-23-18-24-10-14-36(13-7-15-37)28(24)25(19-23)20-34/h5-6,8-9,18-19,22,35,37H,4,7,10-17,21H2,1-3H3/t22-,29?/m1/s1. The van der Waals surface area contributed by atoms with Crippen LogP contribution in [-0.2, 0) is 12.8 Å². The van der Waals surface area contributed by atoms with Crippen LogP contribution in [-0.4, -0.2) is 55.8 Å². The third-order valence-electron chi connectivity index (χ3n) is 7.01. The molecule has 0 saturated heterocycles. The number of nitriles is 1. The van der Waals surface area contributed by atoms with Gasteiger partial charge < -0.3 is 24.8 Å². The maximum Gasteiger partial charge on any atom is 0.422 e. The van der Waals surface area contributed by atoms with Crippen LogP contribution in [0.5, 0.6) is 11.5 Å². The van der Waals surface area contributed by atoms with Crippen LogP contribution >= 0.6 is 0 Å². The minimum Gasteiger partial charge on any atom is -0.490 e. The summed E-state index contributed by atoms with van der Waals surface area (Å²) in [5.74, 6) is 0.372. The largest absolute Gasteiger partial charge is 0.490 e. The van der Waals surface area contributed by atoms with E-state index in [1.807, 2.05) is 6.07 Å². The molecule has 0 bridgehead atoms. The molecule has 0 saturated carbocycles. The molecule has 2 N–H and O–H groups in total. The van der Waals surface area contributed by atoms with Crippen molar-refractivity contribution in [2.45, 2.75) is 77.1 Å². The highest BCUT2D eigenvalue weighted by molar-refractivity contribution is 5.68. The monoisotopic (exact) mass is 547 g/mol. The molecule has 2 aromatic rings. The van der Waals surface area contributed by atoms with Gasteiger partial charge in [0.05, 0.1) is 17.9 Å². The van der Waals surface area contributed by atoms with Crippen LogP contribution in [0.4, 0.5) is 18.9 Å². The molecule has 0 spiro atoms. The van der Waals surface area contributed by atoms with E-state index in [-0.39, 0.29) is 23.9 Å². The van der Waals surface area contributed by atoms with E-state index in [1.54, 1.807) is 18.2 Å². The van der Waals surface area contributed by atoms with Crippen LogP contribution in [0.2, 0.25) is 0 Å². The summed E-state index contributed by atoms with van der Waals surface area (Å²) in [4.78, 5) is 2.19. The van der Waals surface area contributed by atoms with Crippen LogP contribution < -0.4 is 19.7 Å². The first-order chi connectivity index (χ1) is 18.6. The molecule has 0 aliphatic carbocycles. The molecule has 1 heterocycles. The van der Waals surface area contributed by atoms with Crippen molar-refractivity contribution in [1.29, 1.82) is 5.26 Å². The number of benzene rings is 2. The van der Waals surface area contributed by atoms with E-state index in [4.69, 9.17) is 9.47 Å². The Bertz CT molecular complexity index is 1120. The van der Waals surface area contributed by atoms with Crippen LogP contribution in [0.1, 0.15) is 63.1 Å². The van der Waals surface area contributed by atoms with Crippen molar-refractivity contribution in [2.24, 2.45) is 0 Å². The second-order valence-electron chi connectivity index (χ2n) is 10.6. The Balaban J connectivity index is 1.62. The molecule has 39 heavy (non-hydrogen) atoms. The number of fused-ring (bicyclic) bond motifs is 1. The molecule has 1 aliphatic rings. The molecule has 9 heteroatoms. The summed E-state index contributed by atoms with van der Waals surface area (Å²) < 4.78 is 48.6. The lowest BCUT2D eigenvalue weighted by Crippen LogP contribution is -2.48. The SMILES string of the molecule is CCCC(C)(CCOc1ccccc1OCC(F)(F)F)N[C@H](C)Cc1cc(C#N)c2c(c1)CCN2CCCO. The smallest absolute Gasteiger partial charge is 0.422 e. The Kier molecular flexibility index (Phi) is 10.9. The molecule has 1 aliphatic heterocycles. The molecular weight excluding hydrogens is 507 g/mol. The number of rotatable bonds is 15. The predicted octanol–water partition coefficient (Wildman–Crippen LogP) is 5.79. The van der Waals surface area contributed by atoms with Gasteiger partial charge in [-0.05, 0) is 75.3 Å². The molecule has 0 aromatic heterocycles. The molecule has 0 radical (unpaired) electrons. The van der Waals surface area contributed by atoms with E-state index >= 15 is 0 Å². The number of nitrogens with one attached hydrogen (secondary N) is 1. The topological polar surface area (TPSA) is 77.8 Å². The van der Waals surface area contributed by atoms with Gasteiger partial charge in [0.25, 0.3) is 0 Å². The summed E-state index contributed by atoms with van der Waals surface area (Å²) >= 11 is 0. The second-order valence-corrected chi connectivity index (χ2v) is 10.6. The predicted molar refractivity (Wildman–Crippen MR) is 146 cm³/mol. The van der Waals surface area contributed by atoms with Gasteiger partial charge >= 0.3 is 6.18 Å². The number of hydrogen-bond donors (Lipinski definition) is 2. The normalized spacial score (nSPS) is 15.4. The van der Waals surface area contributed by atoms with Crippen LogP contribution in [0.25, 0.3) is 0 Å². The number of anilines is 1. The number of aliphatic hydroxyl groups is 1. The minimum atomic E-state index is -4.42. The summed E-state index contributed by atoms with van der Waals surface area (Å²) in [6.07, 6.45) is 0.435. The van der Waals surface area contributed by atoms with Gasteiger partial charge in [0.15, 0.2) is 18.1 Å². The van der Waals surface area contributed by atoms with E-state index in [2.05, 4.69) is 43.1 Å². The number of alkyl halides is 3. The lowest BCUT2D eigenvalue weighted by molar-refractivity contribution is -0.153. The summed E-state index contributed by atoms with van der Waals surface area (Å²) in [5.41, 5.74) is 3.74. The van der Waals surface area contributed by atoms with Crippen LogP contribution in [0.3, 0.4) is 0 Å². The molecule has 6 nitrogen and oxygen atoms in total. The van der Waals surface area contributed by atoms with Crippen molar-refractivity contribution in [3.63, 3.8) is 0 Å². The van der Waals surface area contributed by atoms with Gasteiger partial charge in [-0.15, -0.1) is 0 Å². The third-order valence-corrected chi connectivity index (χ3v) is 7.01. The first kappa shape index (κ1) is 30.6. The fraction of sp³-hybridized carbons (Fsp3) is 0.567. The number of ether oxygens (including phenoxy) is 2. The van der Waals surface area contributed by atoms with E-state index in [9.17, 15) is 23.5 Å². The summed E-state index contributed by atoms with van der Waals surface area (Å²) in [6.45, 7) is 7.09. The highest BCUT2D eigenvalue weighted by Crippen LogP contribution is 2.34. The molecule has 0 fully saturated rings. The van der Waals surface area contributed by atoms with E-state index in [1.165, 1.54) is 11.6 Å². The third kappa shape index (κ3) is 9.04. The number of hydrogen-bond acceptors (Lipinski definition) is 6. The summed E-state index contributed by atoms with van der Waals surface area (Å²) in [5, 5.41) is 22.8. The van der Waals surface area contributed by atoms with Gasteiger partial charge in [0, 0.05) is 31.3 Å². The Hall–Kier alpha value is -2.96. The van der Waals surface area contributed by atoms with Gasteiger partial charge in [-0.3, -0.25) is 0 Å². The van der Waals surface area contributed by atoms with E-state index < -0.39 is 12.8 Å². The Labute approximate surface area is 229 Å². The van der Waals surface area contributed by atoms with Gasteiger partial charge in [0.1, 0.15) is 6.07 Å². The van der Waals surface area contributed by atoms with Gasteiger partial charge in [0.2, 0.25) is 0 Å². The van der Waals surface area contributed by atoms with Gasteiger partial charge in [-0.25, -0.2) is 0 Å². The van der Waals surface area contributed by atoms with E-state index in [0.717, 1.165) is 50.0 Å². The number of halogens is 3. The molecule has 2 aromatic carbocycles. The Morgan fingerprint density at radius 2 is 1.87 bits per heavy atom. The summed E-state index contributed by atoms with van der Waals surface area (Å²) in [7, 11) is 0. The molecule has 1 unspecified atom stereocenters. The molecule has 3 rings (SSSR count). The first-order valence-electron chi connectivity index (χ1n) is 13.7. The van der Waals surface area contributed by atoms with Crippen molar-refractivity contribution in [2.75, 3.05) is 37.8 Å². The number of nitrogens with zero attached hydrogens (tertiary/aromatic N) is 2. The van der Waals surface area contributed by atoms with Crippen LogP contribution in [0, 0.1) is 11.3 Å². The molecule has 2 atom stereocenters. The zero-order chi connectivity index (χ0) is 28.5. The second kappa shape index (κ2) is 13.9. The highest BCUT2D eigenvalue weighted by Gasteiger charge is 2.30. The van der Waals surface area contributed by atoms with Crippen molar-refractivity contribution >= 4 is 5.69 Å². The quantitative estimate of drug-likeness (QED) is 0.294. The zero-order valence-corrected chi connectivity index (χ0v) is 23.1. The van der Waals surface area contributed by atoms with E-state index in [0.29, 0.717) is 30.8 Å². The van der Waals surface area contributed by atoms with Gasteiger partial charge in [-0.2, -0.15) is 18.4 Å². The fourth-order valence-corrected chi connectivity index (χ4v) is 5.44. The first-order valence-corrected chi connectivity index (χ1v) is 13.7. The Morgan fingerprint density at radius 1 is 1.15 bits per heavy atom. The Morgan fingerprint density at radius 3 is 2.51 bits per heavy atom. The van der Waals surface area contributed by atoms with Crippen molar-refractivity contribution < 1.29 is 27.8 Å². The number of aliphatic hydroxyl groups excluding tert-OH is 1. The summed E-state index contributed by atoms with van der Waals surface area (Å²) in [6, 6.07) is 13.1. The molecule has 214 valence electrons. The lowest BCUT2D eigenvalue weighted by atomic mass is 9.90. The van der Waals surface area contributed by atoms with Crippen LogP contribution in [0.15, 0.2) is 36.4 Å². The van der Waals surface area contributed by atoms with Crippen molar-refractivity contribution in [1.82, 2.24) is 5.32 Å². The van der Waals surface area contributed by atoms with Crippen molar-refractivity contribution in [3.05, 3.63) is 53.1 Å². The number of para-hydroxylation sites is 2. The molecular formula is C30H40F3N3O3. The average molecular weight is 548 g/mol. The fourth-order valence-electron chi connectivity index (χ4n) is 5.44. The zero-order valence-electron chi connectivity index (χ0n) is 23.1. The maximum absolute atomic E-state index is 12.6.